The predicted octanol–water partition coefficient (Wildman–Crippen LogP) is -0.0517. The molecule has 1 atom stereocenters. The minimum absolute atomic E-state index is 0.399. The number of carbonyl (C=O) groups is 3. The molecule has 82 valence electrons. The molecule has 5 nitrogen and oxygen atoms in total. The number of Topliss-reactive ketones (excluding diaryl/α,β-unsaturated/α-hetero) is 1. The van der Waals surface area contributed by atoms with Crippen molar-refractivity contribution in [2.45, 2.75) is 32.7 Å². The Morgan fingerprint density at radius 1 is 1.40 bits per heavy atom. The molecule has 0 spiro atoms. The summed E-state index contributed by atoms with van der Waals surface area (Å²) in [5.74, 6) is 2.61. The molecule has 1 amide bonds. The minimum atomic E-state index is -1.14. The summed E-state index contributed by atoms with van der Waals surface area (Å²) in [6, 6.07) is -0.999. The van der Waals surface area contributed by atoms with Gasteiger partial charge in [-0.2, -0.15) is 0 Å². The van der Waals surface area contributed by atoms with Gasteiger partial charge in [0.25, 0.3) is 5.91 Å². The van der Waals surface area contributed by atoms with Crippen LogP contribution < -0.4 is 5.32 Å². The van der Waals surface area contributed by atoms with Gasteiger partial charge in [-0.3, -0.25) is 14.4 Å². The summed E-state index contributed by atoms with van der Waals surface area (Å²) in [5, 5.41) is 10.7. The minimum Gasteiger partial charge on any atom is -0.481 e. The Morgan fingerprint density at radius 2 is 2.00 bits per heavy atom. The van der Waals surface area contributed by atoms with Crippen molar-refractivity contribution in [3.8, 4) is 11.8 Å². The van der Waals surface area contributed by atoms with Crippen molar-refractivity contribution in [2.75, 3.05) is 0 Å². The summed E-state index contributed by atoms with van der Waals surface area (Å²) in [6.07, 6.45) is 0.103. The quantitative estimate of drug-likeness (QED) is 0.638. The second kappa shape index (κ2) is 6.60. The molecule has 0 saturated heterocycles. The van der Waals surface area contributed by atoms with E-state index in [4.69, 9.17) is 5.11 Å². The summed E-state index contributed by atoms with van der Waals surface area (Å²) in [5.41, 5.74) is 0. The van der Waals surface area contributed by atoms with Gasteiger partial charge in [0.1, 0.15) is 0 Å². The molecule has 0 radical (unpaired) electrons. The van der Waals surface area contributed by atoms with Crippen LogP contribution in [0.1, 0.15) is 26.7 Å². The molecule has 5 heteroatoms. The van der Waals surface area contributed by atoms with Crippen molar-refractivity contribution in [1.82, 2.24) is 5.32 Å². The maximum absolute atomic E-state index is 11.1. The number of ketones is 1. The first-order valence-electron chi connectivity index (χ1n) is 4.49. The summed E-state index contributed by atoms with van der Waals surface area (Å²) < 4.78 is 0. The third kappa shape index (κ3) is 6.27. The highest BCUT2D eigenvalue weighted by Gasteiger charge is 2.19. The second-order valence-corrected chi connectivity index (χ2v) is 2.89. The molecule has 0 heterocycles. The fourth-order valence-electron chi connectivity index (χ4n) is 0.834. The average Bonchev–Trinajstić information content (AvgIpc) is 2.12. The molecule has 2 N–H and O–H groups in total. The topological polar surface area (TPSA) is 83.5 Å². The molecule has 0 fully saturated rings. The Labute approximate surface area is 87.9 Å². The zero-order valence-corrected chi connectivity index (χ0v) is 8.66. The van der Waals surface area contributed by atoms with E-state index in [9.17, 15) is 14.4 Å². The number of carbonyl (C=O) groups excluding carboxylic acids is 2. The van der Waals surface area contributed by atoms with Gasteiger partial charge in [-0.15, -0.1) is 0 Å². The third-order valence-corrected chi connectivity index (χ3v) is 1.55. The summed E-state index contributed by atoms with van der Waals surface area (Å²) >= 11 is 0. The Balaban J connectivity index is 4.35. The molecule has 0 aromatic heterocycles. The molecule has 0 bridgehead atoms. The second-order valence-electron chi connectivity index (χ2n) is 2.89. The number of hydrogen-bond acceptors (Lipinski definition) is 3. The van der Waals surface area contributed by atoms with Crippen LogP contribution in [0.25, 0.3) is 0 Å². The van der Waals surface area contributed by atoms with E-state index in [0.29, 0.717) is 6.42 Å². The molecular formula is C10H13NO4. The number of rotatable bonds is 4. The SMILES string of the molecule is CCC#CC(=O)NC(CC(=O)O)C(C)=O. The largest absolute Gasteiger partial charge is 0.481 e. The average molecular weight is 211 g/mol. The van der Waals surface area contributed by atoms with Crippen LogP contribution in [0.15, 0.2) is 0 Å². The lowest BCUT2D eigenvalue weighted by Gasteiger charge is -2.10. The molecule has 1 unspecified atom stereocenters. The van der Waals surface area contributed by atoms with Gasteiger partial charge in [-0.25, -0.2) is 0 Å². The lowest BCUT2D eigenvalue weighted by Crippen LogP contribution is -2.40. The van der Waals surface area contributed by atoms with Crippen LogP contribution in [-0.2, 0) is 14.4 Å². The zero-order valence-electron chi connectivity index (χ0n) is 8.66. The van der Waals surface area contributed by atoms with Gasteiger partial charge in [0.2, 0.25) is 0 Å². The summed E-state index contributed by atoms with van der Waals surface area (Å²) in [6.45, 7) is 3.00. The number of hydrogen-bond donors (Lipinski definition) is 2. The van der Waals surface area contributed by atoms with Gasteiger partial charge in [0.05, 0.1) is 12.5 Å². The number of carboxylic acid groups (broad SMARTS) is 1. The first kappa shape index (κ1) is 13.2. The standard InChI is InChI=1S/C10H13NO4/c1-3-4-5-9(13)11-8(7(2)12)6-10(14)15/h8H,3,6H2,1-2H3,(H,11,13)(H,14,15). The Bertz CT molecular complexity index is 324. The Kier molecular flexibility index (Phi) is 5.79. The summed E-state index contributed by atoms with van der Waals surface area (Å²) in [7, 11) is 0. The molecule has 0 aliphatic carbocycles. The van der Waals surface area contributed by atoms with Crippen molar-refractivity contribution in [3.63, 3.8) is 0 Å². The van der Waals surface area contributed by atoms with Crippen molar-refractivity contribution in [1.29, 1.82) is 0 Å². The zero-order chi connectivity index (χ0) is 11.8. The van der Waals surface area contributed by atoms with Crippen LogP contribution in [0.5, 0.6) is 0 Å². The maximum Gasteiger partial charge on any atom is 0.305 e. The smallest absolute Gasteiger partial charge is 0.305 e. The predicted molar refractivity (Wildman–Crippen MR) is 52.9 cm³/mol. The van der Waals surface area contributed by atoms with Crippen LogP contribution in [0.4, 0.5) is 0 Å². The van der Waals surface area contributed by atoms with Gasteiger partial charge in [0, 0.05) is 6.42 Å². The highest BCUT2D eigenvalue weighted by molar-refractivity contribution is 5.98. The maximum atomic E-state index is 11.1. The number of carboxylic acids is 1. The highest BCUT2D eigenvalue weighted by Crippen LogP contribution is 1.93. The van der Waals surface area contributed by atoms with E-state index < -0.39 is 30.1 Å². The Hall–Kier alpha value is -1.83. The number of amides is 1. The van der Waals surface area contributed by atoms with Crippen molar-refractivity contribution < 1.29 is 19.5 Å². The highest BCUT2D eigenvalue weighted by atomic mass is 16.4. The van der Waals surface area contributed by atoms with Gasteiger partial charge in [0.15, 0.2) is 5.78 Å². The van der Waals surface area contributed by atoms with E-state index in [-0.39, 0.29) is 0 Å². The van der Waals surface area contributed by atoms with Crippen LogP contribution in [0.2, 0.25) is 0 Å². The van der Waals surface area contributed by atoms with Gasteiger partial charge in [-0.1, -0.05) is 12.8 Å². The molecule has 0 aromatic rings. The van der Waals surface area contributed by atoms with E-state index in [2.05, 4.69) is 17.2 Å². The van der Waals surface area contributed by atoms with Crippen LogP contribution >= 0.6 is 0 Å². The van der Waals surface area contributed by atoms with Crippen molar-refractivity contribution in [2.24, 2.45) is 0 Å². The van der Waals surface area contributed by atoms with E-state index in [0.717, 1.165) is 0 Å². The number of nitrogens with one attached hydrogen (secondary N) is 1. The molecule has 15 heavy (non-hydrogen) atoms. The first-order chi connectivity index (χ1) is 6.97. The van der Waals surface area contributed by atoms with Gasteiger partial charge in [-0.05, 0) is 12.8 Å². The van der Waals surface area contributed by atoms with E-state index in [1.165, 1.54) is 6.92 Å². The van der Waals surface area contributed by atoms with Crippen LogP contribution in [0.3, 0.4) is 0 Å². The Morgan fingerprint density at radius 3 is 2.40 bits per heavy atom. The molecule has 0 aromatic carbocycles. The third-order valence-electron chi connectivity index (χ3n) is 1.55. The lowest BCUT2D eigenvalue weighted by atomic mass is 10.1. The van der Waals surface area contributed by atoms with E-state index >= 15 is 0 Å². The molecule has 0 saturated carbocycles. The first-order valence-corrected chi connectivity index (χ1v) is 4.49. The molecular weight excluding hydrogens is 198 g/mol. The molecule has 0 rings (SSSR count). The summed E-state index contributed by atoms with van der Waals surface area (Å²) in [4.78, 5) is 32.4. The molecule has 0 aliphatic heterocycles. The van der Waals surface area contributed by atoms with Crippen molar-refractivity contribution in [3.05, 3.63) is 0 Å². The number of aliphatic carboxylic acids is 1. The monoisotopic (exact) mass is 211 g/mol. The van der Waals surface area contributed by atoms with Crippen LogP contribution in [0, 0.1) is 11.8 Å². The fraction of sp³-hybridized carbons (Fsp3) is 0.500. The van der Waals surface area contributed by atoms with Gasteiger partial charge < -0.3 is 10.4 Å². The van der Waals surface area contributed by atoms with E-state index in [1.807, 2.05) is 0 Å². The van der Waals surface area contributed by atoms with E-state index in [1.54, 1.807) is 6.92 Å². The fourth-order valence-corrected chi connectivity index (χ4v) is 0.834. The van der Waals surface area contributed by atoms with Gasteiger partial charge >= 0.3 is 5.97 Å². The van der Waals surface area contributed by atoms with Crippen molar-refractivity contribution >= 4 is 17.7 Å². The molecule has 0 aliphatic rings. The van der Waals surface area contributed by atoms with Crippen LogP contribution in [-0.4, -0.2) is 28.8 Å². The normalized spacial score (nSPS) is 10.8. The lowest BCUT2D eigenvalue weighted by molar-refractivity contribution is -0.139.